The van der Waals surface area contributed by atoms with Crippen molar-refractivity contribution in [1.82, 2.24) is 5.32 Å². The summed E-state index contributed by atoms with van der Waals surface area (Å²) in [4.78, 5) is 12.0. The Balaban J connectivity index is 2.73. The van der Waals surface area contributed by atoms with Crippen molar-refractivity contribution < 1.29 is 4.79 Å². The molecule has 0 aliphatic carbocycles. The second-order valence-electron chi connectivity index (χ2n) is 7.11. The van der Waals surface area contributed by atoms with Gasteiger partial charge < -0.3 is 16.0 Å². The molecule has 1 rings (SSSR count). The number of nitrogens with one attached hydrogen (secondary N) is 3. The van der Waals surface area contributed by atoms with Gasteiger partial charge in [-0.25, -0.2) is 0 Å². The standard InChI is InChI=1S/C16H25N3OS/c1-15(2,3)13(20)17-11-8-7-9-12(10-11)18-14(21)19-16(4,5)6/h7-10H,1-6H3,(H,17,20)(H2,18,19,21). The monoisotopic (exact) mass is 307 g/mol. The summed E-state index contributed by atoms with van der Waals surface area (Å²) in [7, 11) is 0. The predicted octanol–water partition coefficient (Wildman–Crippen LogP) is 3.76. The number of rotatable bonds is 2. The highest BCUT2D eigenvalue weighted by molar-refractivity contribution is 7.80. The Morgan fingerprint density at radius 3 is 2.00 bits per heavy atom. The van der Waals surface area contributed by atoms with Gasteiger partial charge in [-0.1, -0.05) is 26.8 Å². The van der Waals surface area contributed by atoms with E-state index >= 15 is 0 Å². The molecule has 1 amide bonds. The minimum atomic E-state index is -0.424. The molecule has 0 radical (unpaired) electrons. The van der Waals surface area contributed by atoms with Gasteiger partial charge in [-0.15, -0.1) is 0 Å². The summed E-state index contributed by atoms with van der Waals surface area (Å²) in [6, 6.07) is 7.50. The maximum atomic E-state index is 12.0. The maximum absolute atomic E-state index is 12.0. The van der Waals surface area contributed by atoms with Crippen molar-refractivity contribution in [3.05, 3.63) is 24.3 Å². The Morgan fingerprint density at radius 1 is 1.00 bits per heavy atom. The Kier molecular flexibility index (Phi) is 5.34. The summed E-state index contributed by atoms with van der Waals surface area (Å²) in [5, 5.41) is 9.76. The zero-order valence-electron chi connectivity index (χ0n) is 13.6. The van der Waals surface area contributed by atoms with Crippen LogP contribution in [0.3, 0.4) is 0 Å². The highest BCUT2D eigenvalue weighted by Gasteiger charge is 2.21. The molecule has 0 heterocycles. The van der Waals surface area contributed by atoms with Crippen LogP contribution in [-0.4, -0.2) is 16.6 Å². The van der Waals surface area contributed by atoms with E-state index in [1.807, 2.05) is 65.8 Å². The molecule has 0 atom stereocenters. The van der Waals surface area contributed by atoms with E-state index in [2.05, 4.69) is 16.0 Å². The molecule has 0 aliphatic heterocycles. The fourth-order valence-electron chi connectivity index (χ4n) is 1.50. The van der Waals surface area contributed by atoms with Gasteiger partial charge in [0.25, 0.3) is 0 Å². The fraction of sp³-hybridized carbons (Fsp3) is 0.500. The first kappa shape index (κ1) is 17.4. The van der Waals surface area contributed by atoms with Crippen molar-refractivity contribution in [3.63, 3.8) is 0 Å². The smallest absolute Gasteiger partial charge is 0.229 e. The molecule has 0 bridgehead atoms. The molecule has 1 aromatic rings. The summed E-state index contributed by atoms with van der Waals surface area (Å²) < 4.78 is 0. The van der Waals surface area contributed by atoms with Gasteiger partial charge in [-0.3, -0.25) is 4.79 Å². The molecule has 3 N–H and O–H groups in total. The van der Waals surface area contributed by atoms with E-state index in [4.69, 9.17) is 12.2 Å². The van der Waals surface area contributed by atoms with E-state index in [1.165, 1.54) is 0 Å². The third kappa shape index (κ3) is 6.58. The van der Waals surface area contributed by atoms with Crippen LogP contribution in [0.25, 0.3) is 0 Å². The lowest BCUT2D eigenvalue weighted by Crippen LogP contribution is -2.42. The quantitative estimate of drug-likeness (QED) is 0.728. The van der Waals surface area contributed by atoms with Crippen LogP contribution >= 0.6 is 12.2 Å². The third-order valence-corrected chi connectivity index (χ3v) is 2.75. The molecule has 0 fully saturated rings. The Hall–Kier alpha value is -1.62. The highest BCUT2D eigenvalue weighted by Crippen LogP contribution is 2.20. The first-order valence-electron chi connectivity index (χ1n) is 6.98. The van der Waals surface area contributed by atoms with Crippen LogP contribution in [-0.2, 0) is 4.79 Å². The van der Waals surface area contributed by atoms with Gasteiger partial charge in [0.05, 0.1) is 0 Å². The van der Waals surface area contributed by atoms with E-state index in [0.29, 0.717) is 5.11 Å². The van der Waals surface area contributed by atoms with Crippen LogP contribution in [0, 0.1) is 5.41 Å². The van der Waals surface area contributed by atoms with Crippen molar-refractivity contribution >= 4 is 34.6 Å². The van der Waals surface area contributed by atoms with E-state index in [9.17, 15) is 4.79 Å². The fourth-order valence-corrected chi connectivity index (χ4v) is 1.92. The number of amides is 1. The summed E-state index contributed by atoms with van der Waals surface area (Å²) in [5.41, 5.74) is 1.07. The minimum absolute atomic E-state index is 0.0185. The summed E-state index contributed by atoms with van der Waals surface area (Å²) >= 11 is 5.26. The molecule has 0 saturated heterocycles. The third-order valence-electron chi connectivity index (χ3n) is 2.55. The SMILES string of the molecule is CC(C)(C)NC(=S)Nc1cccc(NC(=O)C(C)(C)C)c1. The molecule has 1 aromatic carbocycles. The molecule has 116 valence electrons. The van der Waals surface area contributed by atoms with Crippen molar-refractivity contribution in [3.8, 4) is 0 Å². The Bertz CT molecular complexity index is 527. The van der Waals surface area contributed by atoms with E-state index in [-0.39, 0.29) is 11.4 Å². The number of carbonyl (C=O) groups is 1. The van der Waals surface area contributed by atoms with Crippen molar-refractivity contribution in [2.75, 3.05) is 10.6 Å². The zero-order valence-corrected chi connectivity index (χ0v) is 14.4. The van der Waals surface area contributed by atoms with Gasteiger partial charge in [0.15, 0.2) is 5.11 Å². The second-order valence-corrected chi connectivity index (χ2v) is 7.52. The average Bonchev–Trinajstić information content (AvgIpc) is 2.25. The number of hydrogen-bond donors (Lipinski definition) is 3. The molecule has 0 unspecified atom stereocenters. The number of hydrogen-bond acceptors (Lipinski definition) is 2. The first-order valence-corrected chi connectivity index (χ1v) is 7.39. The maximum Gasteiger partial charge on any atom is 0.229 e. The van der Waals surface area contributed by atoms with Crippen LogP contribution in [0.1, 0.15) is 41.5 Å². The van der Waals surface area contributed by atoms with E-state index in [1.54, 1.807) is 0 Å². The molecular weight excluding hydrogens is 282 g/mol. The first-order chi connectivity index (χ1) is 9.47. The van der Waals surface area contributed by atoms with E-state index < -0.39 is 5.41 Å². The largest absolute Gasteiger partial charge is 0.358 e. The van der Waals surface area contributed by atoms with Crippen molar-refractivity contribution in [2.24, 2.45) is 5.41 Å². The average molecular weight is 307 g/mol. The van der Waals surface area contributed by atoms with Gasteiger partial charge in [0, 0.05) is 22.3 Å². The van der Waals surface area contributed by atoms with Crippen molar-refractivity contribution in [2.45, 2.75) is 47.1 Å². The Labute approximate surface area is 132 Å². The Morgan fingerprint density at radius 2 is 1.52 bits per heavy atom. The lowest BCUT2D eigenvalue weighted by atomic mass is 9.95. The molecule has 21 heavy (non-hydrogen) atoms. The molecular formula is C16H25N3OS. The molecule has 5 heteroatoms. The van der Waals surface area contributed by atoms with Gasteiger partial charge in [-0.2, -0.15) is 0 Å². The van der Waals surface area contributed by atoms with Gasteiger partial charge >= 0.3 is 0 Å². The molecule has 4 nitrogen and oxygen atoms in total. The van der Waals surface area contributed by atoms with Gasteiger partial charge in [-0.05, 0) is 51.2 Å². The normalized spacial score (nSPS) is 11.7. The molecule has 0 saturated carbocycles. The summed E-state index contributed by atoms with van der Waals surface area (Å²) in [6.07, 6.45) is 0. The topological polar surface area (TPSA) is 53.2 Å². The molecule has 0 aromatic heterocycles. The summed E-state index contributed by atoms with van der Waals surface area (Å²) in [6.45, 7) is 11.8. The zero-order chi connectivity index (χ0) is 16.3. The van der Waals surface area contributed by atoms with Crippen LogP contribution in [0.2, 0.25) is 0 Å². The van der Waals surface area contributed by atoms with Gasteiger partial charge in [0.1, 0.15) is 0 Å². The number of thiocarbonyl (C=S) groups is 1. The second kappa shape index (κ2) is 6.43. The van der Waals surface area contributed by atoms with Gasteiger partial charge in [0.2, 0.25) is 5.91 Å². The van der Waals surface area contributed by atoms with Crippen LogP contribution in [0.4, 0.5) is 11.4 Å². The van der Waals surface area contributed by atoms with Crippen LogP contribution in [0.5, 0.6) is 0 Å². The number of anilines is 2. The van der Waals surface area contributed by atoms with E-state index in [0.717, 1.165) is 11.4 Å². The lowest BCUT2D eigenvalue weighted by Gasteiger charge is -2.23. The number of carbonyl (C=O) groups excluding carboxylic acids is 1. The molecule has 0 spiro atoms. The minimum Gasteiger partial charge on any atom is -0.358 e. The lowest BCUT2D eigenvalue weighted by molar-refractivity contribution is -0.123. The molecule has 0 aliphatic rings. The van der Waals surface area contributed by atoms with Crippen LogP contribution in [0.15, 0.2) is 24.3 Å². The summed E-state index contributed by atoms with van der Waals surface area (Å²) in [5.74, 6) is -0.0185. The van der Waals surface area contributed by atoms with Crippen LogP contribution < -0.4 is 16.0 Å². The van der Waals surface area contributed by atoms with Crippen molar-refractivity contribution in [1.29, 1.82) is 0 Å². The highest BCUT2D eigenvalue weighted by atomic mass is 32.1. The predicted molar refractivity (Wildman–Crippen MR) is 93.6 cm³/mol. The number of benzene rings is 1.